The lowest BCUT2D eigenvalue weighted by molar-refractivity contribution is -0.149. The minimum absolute atomic E-state index is 0. The third-order valence-electron chi connectivity index (χ3n) is 5.07. The maximum absolute atomic E-state index is 11.9. The predicted molar refractivity (Wildman–Crippen MR) is 113 cm³/mol. The molecule has 1 N–H and O–H groups in total. The molecule has 146 valence electrons. The van der Waals surface area contributed by atoms with Gasteiger partial charge in [0.25, 0.3) is 0 Å². The molecule has 1 unspecified atom stereocenters. The van der Waals surface area contributed by atoms with Crippen LogP contribution < -0.4 is 5.32 Å². The Morgan fingerprint density at radius 2 is 1.92 bits per heavy atom. The summed E-state index contributed by atoms with van der Waals surface area (Å²) < 4.78 is 5.15. The molecule has 25 heavy (non-hydrogen) atoms. The maximum atomic E-state index is 11.9. The molecule has 6 nitrogen and oxygen atoms in total. The maximum Gasteiger partial charge on any atom is 0.309 e. The first-order valence-electron chi connectivity index (χ1n) is 9.48. The van der Waals surface area contributed by atoms with E-state index in [4.69, 9.17) is 9.73 Å². The van der Waals surface area contributed by atoms with E-state index < -0.39 is 0 Å². The van der Waals surface area contributed by atoms with Crippen LogP contribution in [0.25, 0.3) is 0 Å². The fourth-order valence-electron chi connectivity index (χ4n) is 3.20. The third kappa shape index (κ3) is 6.92. The average molecular weight is 466 g/mol. The fourth-order valence-corrected chi connectivity index (χ4v) is 3.20. The highest BCUT2D eigenvalue weighted by atomic mass is 127. The zero-order chi connectivity index (χ0) is 17.5. The van der Waals surface area contributed by atoms with E-state index in [1.54, 1.807) is 0 Å². The van der Waals surface area contributed by atoms with Crippen LogP contribution in [0.3, 0.4) is 0 Å². The molecule has 2 rings (SSSR count). The number of guanidine groups is 1. The molecule has 1 heterocycles. The quantitative estimate of drug-likeness (QED) is 0.270. The van der Waals surface area contributed by atoms with Crippen molar-refractivity contribution < 1.29 is 9.53 Å². The Bertz CT molecular complexity index is 435. The van der Waals surface area contributed by atoms with Gasteiger partial charge in [0.15, 0.2) is 5.96 Å². The molecule has 1 saturated carbocycles. The summed E-state index contributed by atoms with van der Waals surface area (Å²) in [7, 11) is 2.20. The van der Waals surface area contributed by atoms with Gasteiger partial charge in [-0.2, -0.15) is 0 Å². The number of halogens is 1. The van der Waals surface area contributed by atoms with E-state index in [1.807, 2.05) is 6.92 Å². The van der Waals surface area contributed by atoms with Gasteiger partial charge >= 0.3 is 5.97 Å². The number of carbonyl (C=O) groups is 1. The Morgan fingerprint density at radius 3 is 2.44 bits per heavy atom. The summed E-state index contributed by atoms with van der Waals surface area (Å²) in [5.74, 6) is 0.985. The van der Waals surface area contributed by atoms with Gasteiger partial charge in [0.05, 0.1) is 19.1 Å². The molecule has 0 aromatic carbocycles. The average Bonchev–Trinajstić information content (AvgIpc) is 3.43. The van der Waals surface area contributed by atoms with Crippen molar-refractivity contribution >= 4 is 35.9 Å². The van der Waals surface area contributed by atoms with E-state index in [0.717, 1.165) is 51.0 Å². The van der Waals surface area contributed by atoms with Gasteiger partial charge in [0, 0.05) is 31.7 Å². The van der Waals surface area contributed by atoms with Crippen LogP contribution in [0.5, 0.6) is 0 Å². The van der Waals surface area contributed by atoms with Crippen molar-refractivity contribution in [2.24, 2.45) is 10.9 Å². The molecule has 0 amide bonds. The van der Waals surface area contributed by atoms with Crippen molar-refractivity contribution in [2.45, 2.75) is 58.5 Å². The minimum Gasteiger partial charge on any atom is -0.466 e. The lowest BCUT2D eigenvalue weighted by Crippen LogP contribution is -2.47. The number of rotatable bonds is 7. The number of nitrogens with zero attached hydrogens (tertiary/aromatic N) is 3. The number of likely N-dealkylation sites (tertiary alicyclic amines) is 1. The van der Waals surface area contributed by atoms with E-state index in [2.05, 4.69) is 36.0 Å². The van der Waals surface area contributed by atoms with E-state index in [0.29, 0.717) is 12.6 Å². The molecule has 1 aliphatic heterocycles. The van der Waals surface area contributed by atoms with Gasteiger partial charge < -0.3 is 15.0 Å². The zero-order valence-corrected chi connectivity index (χ0v) is 18.5. The molecular weight excluding hydrogens is 431 g/mol. The van der Waals surface area contributed by atoms with E-state index in [1.165, 1.54) is 12.8 Å². The zero-order valence-electron chi connectivity index (χ0n) is 16.2. The van der Waals surface area contributed by atoms with Gasteiger partial charge in [-0.05, 0) is 53.5 Å². The lowest BCUT2D eigenvalue weighted by atomic mass is 9.97. The molecule has 0 aromatic heterocycles. The van der Waals surface area contributed by atoms with Crippen LogP contribution >= 0.6 is 24.0 Å². The molecule has 7 heteroatoms. The SMILES string of the molecule is CCNC(=NCC(C)N(C)C1CC1)N1CCC(C(=O)OCC)CC1.I. The number of carbonyl (C=O) groups excluding carboxylic acids is 1. The van der Waals surface area contributed by atoms with Crippen molar-refractivity contribution in [2.75, 3.05) is 39.8 Å². The largest absolute Gasteiger partial charge is 0.466 e. The molecule has 1 saturated heterocycles. The molecule has 1 atom stereocenters. The molecule has 0 radical (unpaired) electrons. The molecule has 0 bridgehead atoms. The van der Waals surface area contributed by atoms with Crippen molar-refractivity contribution in [1.29, 1.82) is 0 Å². The Balaban J connectivity index is 0.00000312. The second-order valence-corrected chi connectivity index (χ2v) is 6.95. The minimum atomic E-state index is -0.0428. The molecule has 2 aliphatic rings. The van der Waals surface area contributed by atoms with Crippen LogP contribution in [0, 0.1) is 5.92 Å². The Kier molecular flexibility index (Phi) is 10.1. The van der Waals surface area contributed by atoms with Crippen molar-refractivity contribution in [3.05, 3.63) is 0 Å². The summed E-state index contributed by atoms with van der Waals surface area (Å²) in [6.45, 7) is 10.1. The molecule has 0 aromatic rings. The van der Waals surface area contributed by atoms with Crippen LogP contribution in [-0.4, -0.2) is 73.6 Å². The first-order valence-corrected chi connectivity index (χ1v) is 9.48. The molecular formula is C18H35IN4O2. The molecule has 2 fully saturated rings. The second kappa shape index (κ2) is 11.2. The Hall–Kier alpha value is -0.570. The van der Waals surface area contributed by atoms with E-state index in [-0.39, 0.29) is 35.9 Å². The number of hydrogen-bond donors (Lipinski definition) is 1. The highest BCUT2D eigenvalue weighted by Gasteiger charge is 2.30. The number of nitrogens with one attached hydrogen (secondary N) is 1. The summed E-state index contributed by atoms with van der Waals surface area (Å²) in [6.07, 6.45) is 4.35. The van der Waals surface area contributed by atoms with Gasteiger partial charge in [-0.1, -0.05) is 0 Å². The summed E-state index contributed by atoms with van der Waals surface area (Å²) in [4.78, 5) is 21.4. The summed E-state index contributed by atoms with van der Waals surface area (Å²) in [5, 5.41) is 3.40. The third-order valence-corrected chi connectivity index (χ3v) is 5.07. The van der Waals surface area contributed by atoms with Crippen molar-refractivity contribution in [3.8, 4) is 0 Å². The smallest absolute Gasteiger partial charge is 0.309 e. The summed E-state index contributed by atoms with van der Waals surface area (Å²) in [6, 6.07) is 1.22. The molecule has 0 spiro atoms. The van der Waals surface area contributed by atoms with Gasteiger partial charge in [-0.3, -0.25) is 14.7 Å². The number of hydrogen-bond acceptors (Lipinski definition) is 4. The first kappa shape index (κ1) is 22.5. The highest BCUT2D eigenvalue weighted by Crippen LogP contribution is 2.27. The van der Waals surface area contributed by atoms with Crippen LogP contribution in [0.2, 0.25) is 0 Å². The second-order valence-electron chi connectivity index (χ2n) is 6.95. The summed E-state index contributed by atoms with van der Waals surface area (Å²) >= 11 is 0. The number of aliphatic imine (C=N–C) groups is 1. The fraction of sp³-hybridized carbons (Fsp3) is 0.889. The van der Waals surface area contributed by atoms with Gasteiger partial charge in [-0.25, -0.2) is 0 Å². The Labute approximate surface area is 169 Å². The topological polar surface area (TPSA) is 57.2 Å². The van der Waals surface area contributed by atoms with Crippen molar-refractivity contribution in [1.82, 2.24) is 15.1 Å². The normalized spacial score (nSPS) is 20.2. The van der Waals surface area contributed by atoms with E-state index >= 15 is 0 Å². The highest BCUT2D eigenvalue weighted by molar-refractivity contribution is 14.0. The van der Waals surface area contributed by atoms with Crippen LogP contribution in [0.15, 0.2) is 4.99 Å². The van der Waals surface area contributed by atoms with Gasteiger partial charge in [0.1, 0.15) is 0 Å². The summed E-state index contributed by atoms with van der Waals surface area (Å²) in [5.41, 5.74) is 0. The van der Waals surface area contributed by atoms with E-state index in [9.17, 15) is 4.79 Å². The molecule has 1 aliphatic carbocycles. The number of esters is 1. The number of piperidine rings is 1. The van der Waals surface area contributed by atoms with Gasteiger partial charge in [-0.15, -0.1) is 24.0 Å². The standard InChI is InChI=1S/C18H34N4O2.HI/c1-5-19-18(20-13-14(3)21(4)16-7-8-16)22-11-9-15(10-12-22)17(23)24-6-2;/h14-16H,5-13H2,1-4H3,(H,19,20);1H. The Morgan fingerprint density at radius 1 is 1.28 bits per heavy atom. The van der Waals surface area contributed by atoms with Crippen LogP contribution in [-0.2, 0) is 9.53 Å². The van der Waals surface area contributed by atoms with Crippen LogP contribution in [0.4, 0.5) is 0 Å². The predicted octanol–water partition coefficient (Wildman–Crippen LogP) is 2.33. The lowest BCUT2D eigenvalue weighted by Gasteiger charge is -2.33. The van der Waals surface area contributed by atoms with Gasteiger partial charge in [0.2, 0.25) is 0 Å². The monoisotopic (exact) mass is 466 g/mol. The number of likely N-dealkylation sites (N-methyl/N-ethyl adjacent to an activating group) is 1. The number of ether oxygens (including phenoxy) is 1. The first-order chi connectivity index (χ1) is 11.6. The van der Waals surface area contributed by atoms with Crippen LogP contribution in [0.1, 0.15) is 46.5 Å². The van der Waals surface area contributed by atoms with Crippen molar-refractivity contribution in [3.63, 3.8) is 0 Å².